The van der Waals surface area contributed by atoms with Crippen molar-refractivity contribution in [3.05, 3.63) is 57.3 Å². The molecule has 1 aliphatic heterocycles. The summed E-state index contributed by atoms with van der Waals surface area (Å²) in [7, 11) is 0. The molecule has 0 saturated carbocycles. The zero-order valence-electron chi connectivity index (χ0n) is 13.4. The second-order valence-electron chi connectivity index (χ2n) is 6.40. The Morgan fingerprint density at radius 3 is 2.46 bits per heavy atom. The quantitative estimate of drug-likeness (QED) is 0.872. The van der Waals surface area contributed by atoms with E-state index < -0.39 is 17.3 Å². The summed E-state index contributed by atoms with van der Waals surface area (Å²) in [5.41, 5.74) is -1.52. The number of benzene rings is 1. The lowest BCUT2D eigenvalue weighted by Gasteiger charge is -2.38. The molecule has 2 aromatic rings. The number of hydrogen-bond acceptors (Lipinski definition) is 3. The molecule has 0 aliphatic carbocycles. The molecule has 1 saturated heterocycles. The molecule has 0 atom stereocenters. The number of likely N-dealkylation sites (tertiary alicyclic amines) is 1. The Balaban J connectivity index is 1.68. The predicted molar refractivity (Wildman–Crippen MR) is 88.9 cm³/mol. The van der Waals surface area contributed by atoms with Gasteiger partial charge in [-0.1, -0.05) is 12.1 Å². The van der Waals surface area contributed by atoms with Gasteiger partial charge in [-0.3, -0.25) is 4.90 Å². The highest BCUT2D eigenvalue weighted by Gasteiger charge is 2.37. The van der Waals surface area contributed by atoms with Gasteiger partial charge in [0.15, 0.2) is 0 Å². The molecule has 6 heteroatoms. The molecule has 0 spiro atoms. The first-order chi connectivity index (χ1) is 11.3. The molecule has 1 aromatic heterocycles. The van der Waals surface area contributed by atoms with Crippen molar-refractivity contribution in [2.75, 3.05) is 13.1 Å². The number of halogens is 3. The van der Waals surface area contributed by atoms with Gasteiger partial charge in [0.05, 0.1) is 11.2 Å². The van der Waals surface area contributed by atoms with Gasteiger partial charge in [0.25, 0.3) is 0 Å². The molecule has 0 unspecified atom stereocenters. The maximum Gasteiger partial charge on any atom is 0.416 e. The highest BCUT2D eigenvalue weighted by molar-refractivity contribution is 7.11. The monoisotopic (exact) mass is 355 g/mol. The van der Waals surface area contributed by atoms with Crippen molar-refractivity contribution in [1.29, 1.82) is 0 Å². The third-order valence-corrected chi connectivity index (χ3v) is 5.57. The lowest BCUT2D eigenvalue weighted by molar-refractivity contribution is -0.137. The van der Waals surface area contributed by atoms with E-state index in [0.29, 0.717) is 31.5 Å². The van der Waals surface area contributed by atoms with E-state index in [2.05, 4.69) is 24.0 Å². The molecule has 2 heterocycles. The summed E-state index contributed by atoms with van der Waals surface area (Å²) in [4.78, 5) is 4.78. The Morgan fingerprint density at radius 1 is 1.17 bits per heavy atom. The van der Waals surface area contributed by atoms with Crippen molar-refractivity contribution in [2.24, 2.45) is 0 Å². The van der Waals surface area contributed by atoms with Crippen LogP contribution in [0, 0.1) is 6.92 Å². The maximum atomic E-state index is 12.9. The highest BCUT2D eigenvalue weighted by Crippen LogP contribution is 2.37. The van der Waals surface area contributed by atoms with Crippen molar-refractivity contribution in [2.45, 2.75) is 38.1 Å². The summed E-state index contributed by atoms with van der Waals surface area (Å²) >= 11 is 1.75. The summed E-state index contributed by atoms with van der Waals surface area (Å²) in [6.45, 7) is 4.24. The molecule has 3 rings (SSSR count). The predicted octanol–water partition coefficient (Wildman–Crippen LogP) is 4.56. The van der Waals surface area contributed by atoms with Crippen molar-refractivity contribution in [1.82, 2.24) is 4.90 Å². The standard InChI is InChI=1S/C18H20F3NOS/c1-13-5-6-16(24-13)12-22-9-7-17(23,8-10-22)14-3-2-4-15(11-14)18(19,20)21/h2-6,11,23H,7-10,12H2,1H3. The molecular formula is C18H20F3NOS. The molecular weight excluding hydrogens is 335 g/mol. The Morgan fingerprint density at radius 2 is 1.88 bits per heavy atom. The van der Waals surface area contributed by atoms with Gasteiger partial charge in [-0.2, -0.15) is 13.2 Å². The largest absolute Gasteiger partial charge is 0.416 e. The van der Waals surface area contributed by atoms with Gasteiger partial charge in [0, 0.05) is 29.4 Å². The molecule has 130 valence electrons. The second kappa shape index (κ2) is 6.50. The summed E-state index contributed by atoms with van der Waals surface area (Å²) in [5.74, 6) is 0. The fourth-order valence-corrected chi connectivity index (χ4v) is 4.08. The van der Waals surface area contributed by atoms with E-state index in [9.17, 15) is 18.3 Å². The molecule has 0 amide bonds. The topological polar surface area (TPSA) is 23.5 Å². The maximum absolute atomic E-state index is 12.9. The molecule has 0 radical (unpaired) electrons. The first-order valence-corrected chi connectivity index (χ1v) is 8.76. The average molecular weight is 355 g/mol. The van der Waals surface area contributed by atoms with E-state index in [1.165, 1.54) is 15.8 Å². The van der Waals surface area contributed by atoms with E-state index in [4.69, 9.17) is 0 Å². The average Bonchev–Trinajstić information content (AvgIpc) is 2.94. The van der Waals surface area contributed by atoms with Crippen molar-refractivity contribution >= 4 is 11.3 Å². The number of rotatable bonds is 3. The Bertz CT molecular complexity index is 702. The van der Waals surface area contributed by atoms with Crippen molar-refractivity contribution in [3.63, 3.8) is 0 Å². The Labute approximate surface area is 143 Å². The number of piperidine rings is 1. The number of hydrogen-bond donors (Lipinski definition) is 1. The number of thiophene rings is 1. The zero-order chi connectivity index (χ0) is 17.4. The minimum absolute atomic E-state index is 0.365. The summed E-state index contributed by atoms with van der Waals surface area (Å²) < 4.78 is 38.6. The summed E-state index contributed by atoms with van der Waals surface area (Å²) in [6, 6.07) is 9.28. The second-order valence-corrected chi connectivity index (χ2v) is 7.77. The third kappa shape index (κ3) is 3.82. The van der Waals surface area contributed by atoms with Gasteiger partial charge >= 0.3 is 6.18 Å². The van der Waals surface area contributed by atoms with Gasteiger partial charge in [0.1, 0.15) is 0 Å². The van der Waals surface area contributed by atoms with Crippen LogP contribution in [0.2, 0.25) is 0 Å². The third-order valence-electron chi connectivity index (χ3n) is 4.59. The lowest BCUT2D eigenvalue weighted by Crippen LogP contribution is -2.42. The van der Waals surface area contributed by atoms with E-state index in [1.54, 1.807) is 17.4 Å². The molecule has 1 N–H and O–H groups in total. The van der Waals surface area contributed by atoms with Gasteiger partial charge in [-0.15, -0.1) is 11.3 Å². The smallest absolute Gasteiger partial charge is 0.385 e. The van der Waals surface area contributed by atoms with E-state index >= 15 is 0 Å². The molecule has 0 bridgehead atoms. The summed E-state index contributed by atoms with van der Waals surface area (Å²) in [6.07, 6.45) is -3.50. The number of aryl methyl sites for hydroxylation is 1. The Hall–Kier alpha value is -1.37. The summed E-state index contributed by atoms with van der Waals surface area (Å²) in [5, 5.41) is 10.8. The van der Waals surface area contributed by atoms with E-state index in [1.807, 2.05) is 0 Å². The van der Waals surface area contributed by atoms with E-state index in [0.717, 1.165) is 18.7 Å². The molecule has 24 heavy (non-hydrogen) atoms. The number of nitrogens with zero attached hydrogens (tertiary/aromatic N) is 1. The fourth-order valence-electron chi connectivity index (χ4n) is 3.15. The van der Waals surface area contributed by atoms with Crippen LogP contribution in [0.25, 0.3) is 0 Å². The first kappa shape index (κ1) is 17.5. The number of aliphatic hydroxyl groups is 1. The van der Waals surface area contributed by atoms with E-state index in [-0.39, 0.29) is 0 Å². The first-order valence-electron chi connectivity index (χ1n) is 7.94. The van der Waals surface area contributed by atoms with Crippen LogP contribution in [-0.4, -0.2) is 23.1 Å². The van der Waals surface area contributed by atoms with Crippen LogP contribution in [0.5, 0.6) is 0 Å². The van der Waals surface area contributed by atoms with Crippen LogP contribution in [-0.2, 0) is 18.3 Å². The van der Waals surface area contributed by atoms with Crippen LogP contribution < -0.4 is 0 Å². The van der Waals surface area contributed by atoms with Crippen molar-refractivity contribution < 1.29 is 18.3 Å². The number of alkyl halides is 3. The van der Waals surface area contributed by atoms with Gasteiger partial charge in [-0.25, -0.2) is 0 Å². The van der Waals surface area contributed by atoms with Gasteiger partial charge in [0.2, 0.25) is 0 Å². The SMILES string of the molecule is Cc1ccc(CN2CCC(O)(c3cccc(C(F)(F)F)c3)CC2)s1. The van der Waals surface area contributed by atoms with Crippen molar-refractivity contribution in [3.8, 4) is 0 Å². The van der Waals surface area contributed by atoms with Gasteiger partial charge < -0.3 is 5.11 Å². The fraction of sp³-hybridized carbons (Fsp3) is 0.444. The molecule has 1 fully saturated rings. The molecule has 2 nitrogen and oxygen atoms in total. The van der Waals surface area contributed by atoms with Crippen LogP contribution in [0.4, 0.5) is 13.2 Å². The zero-order valence-corrected chi connectivity index (χ0v) is 14.3. The minimum Gasteiger partial charge on any atom is -0.385 e. The van der Waals surface area contributed by atoms with Gasteiger partial charge in [-0.05, 0) is 49.6 Å². The minimum atomic E-state index is -4.38. The normalized spacial score (nSPS) is 18.7. The lowest BCUT2D eigenvalue weighted by atomic mass is 9.83. The molecule has 1 aliphatic rings. The van der Waals surface area contributed by atoms with Crippen LogP contribution in [0.15, 0.2) is 36.4 Å². The molecule has 1 aromatic carbocycles. The van der Waals surface area contributed by atoms with Crippen LogP contribution in [0.1, 0.15) is 33.7 Å². The Kier molecular flexibility index (Phi) is 4.73. The van der Waals surface area contributed by atoms with Crippen LogP contribution >= 0.6 is 11.3 Å². The highest BCUT2D eigenvalue weighted by atomic mass is 32.1. The van der Waals surface area contributed by atoms with Crippen LogP contribution in [0.3, 0.4) is 0 Å².